The number of hydrogen-bond acceptors (Lipinski definition) is 2. The number of benzene rings is 2. The smallest absolute Gasteiger partial charge is 0.231 e. The molecule has 0 aliphatic rings. The lowest BCUT2D eigenvalue weighted by Gasteiger charge is -2.24. The summed E-state index contributed by atoms with van der Waals surface area (Å²) in [6, 6.07) is 12.3. The van der Waals surface area contributed by atoms with E-state index in [-0.39, 0.29) is 23.7 Å². The minimum atomic E-state index is -0.321. The molecule has 1 amide bonds. The quantitative estimate of drug-likeness (QED) is 0.558. The monoisotopic (exact) mass is 364 g/mol. The number of rotatable bonds is 3. The van der Waals surface area contributed by atoms with E-state index >= 15 is 0 Å². The topological polar surface area (TPSA) is 62.7 Å². The molecule has 2 aromatic heterocycles. The van der Waals surface area contributed by atoms with Crippen molar-refractivity contribution < 1.29 is 9.18 Å². The van der Waals surface area contributed by atoms with E-state index in [1.807, 2.05) is 28.8 Å². The summed E-state index contributed by atoms with van der Waals surface area (Å²) >= 11 is 0. The van der Waals surface area contributed by atoms with Crippen LogP contribution in [0.25, 0.3) is 21.9 Å². The van der Waals surface area contributed by atoms with Crippen LogP contribution in [0.5, 0.6) is 0 Å². The van der Waals surface area contributed by atoms with Crippen molar-refractivity contribution in [3.05, 3.63) is 60.0 Å². The van der Waals surface area contributed by atoms with E-state index in [9.17, 15) is 9.18 Å². The molecule has 5 nitrogen and oxygen atoms in total. The number of hydrogen-bond donors (Lipinski definition) is 2. The van der Waals surface area contributed by atoms with E-state index < -0.39 is 0 Å². The molecule has 0 bridgehead atoms. The maximum absolute atomic E-state index is 13.6. The molecule has 0 unspecified atom stereocenters. The maximum atomic E-state index is 13.6. The van der Waals surface area contributed by atoms with Crippen molar-refractivity contribution in [3.8, 4) is 0 Å². The van der Waals surface area contributed by atoms with Gasteiger partial charge in [0.15, 0.2) is 0 Å². The van der Waals surface area contributed by atoms with Gasteiger partial charge in [0.05, 0.1) is 17.5 Å². The highest BCUT2D eigenvalue weighted by atomic mass is 19.1. The molecule has 4 rings (SSSR count). The number of aromatic amines is 1. The number of anilines is 1. The van der Waals surface area contributed by atoms with Gasteiger partial charge in [0, 0.05) is 22.6 Å². The summed E-state index contributed by atoms with van der Waals surface area (Å²) < 4.78 is 15.6. The fraction of sp³-hybridized carbons (Fsp3) is 0.238. The van der Waals surface area contributed by atoms with Gasteiger partial charge < -0.3 is 9.55 Å². The van der Waals surface area contributed by atoms with Crippen LogP contribution < -0.4 is 5.32 Å². The van der Waals surface area contributed by atoms with Crippen LogP contribution in [0, 0.1) is 5.82 Å². The average Bonchev–Trinajstić information content (AvgIpc) is 3.15. The van der Waals surface area contributed by atoms with Crippen LogP contribution in [-0.4, -0.2) is 20.4 Å². The van der Waals surface area contributed by atoms with Crippen molar-refractivity contribution in [1.29, 1.82) is 0 Å². The molecule has 0 fully saturated rings. The van der Waals surface area contributed by atoms with Crippen LogP contribution in [0.2, 0.25) is 0 Å². The molecule has 6 heteroatoms. The number of halogens is 1. The molecule has 0 aliphatic heterocycles. The Bertz CT molecular complexity index is 1150. The van der Waals surface area contributed by atoms with Crippen molar-refractivity contribution >= 4 is 33.8 Å². The summed E-state index contributed by atoms with van der Waals surface area (Å²) in [6.45, 7) is 6.21. The molecule has 4 aromatic rings. The van der Waals surface area contributed by atoms with E-state index in [0.717, 1.165) is 27.5 Å². The number of carbonyl (C=O) groups is 1. The first kappa shape index (κ1) is 17.3. The van der Waals surface area contributed by atoms with Gasteiger partial charge >= 0.3 is 0 Å². The van der Waals surface area contributed by atoms with Crippen LogP contribution in [-0.2, 0) is 16.8 Å². The number of fused-ring (bicyclic) bond motifs is 2. The number of amides is 1. The zero-order valence-electron chi connectivity index (χ0n) is 15.5. The second-order valence-electron chi connectivity index (χ2n) is 7.66. The Kier molecular flexibility index (Phi) is 3.98. The second kappa shape index (κ2) is 6.23. The lowest BCUT2D eigenvalue weighted by molar-refractivity contribution is -0.115. The fourth-order valence-electron chi connectivity index (χ4n) is 3.43. The standard InChI is InChI=1S/C21H21FN4O/c1-21(2,3)26-18-7-5-4-6-17(18)24-20(26)25-19(27)10-13-12-23-16-9-8-14(22)11-15(13)16/h4-9,11-12,23H,10H2,1-3H3,(H,24,25,27). The minimum absolute atomic E-state index is 0.136. The Morgan fingerprint density at radius 2 is 2.00 bits per heavy atom. The van der Waals surface area contributed by atoms with Gasteiger partial charge in [0.25, 0.3) is 0 Å². The van der Waals surface area contributed by atoms with Crippen molar-refractivity contribution in [3.63, 3.8) is 0 Å². The van der Waals surface area contributed by atoms with E-state index in [0.29, 0.717) is 5.95 Å². The largest absolute Gasteiger partial charge is 0.361 e. The van der Waals surface area contributed by atoms with Crippen molar-refractivity contribution in [2.24, 2.45) is 0 Å². The fourth-order valence-corrected chi connectivity index (χ4v) is 3.43. The van der Waals surface area contributed by atoms with Gasteiger partial charge in [-0.15, -0.1) is 0 Å². The first-order valence-corrected chi connectivity index (χ1v) is 8.86. The van der Waals surface area contributed by atoms with Crippen LogP contribution in [0.3, 0.4) is 0 Å². The molecule has 0 atom stereocenters. The molecule has 2 N–H and O–H groups in total. The summed E-state index contributed by atoms with van der Waals surface area (Å²) in [7, 11) is 0. The SMILES string of the molecule is CC(C)(C)n1c(NC(=O)Cc2c[nH]c3ccc(F)cc23)nc2ccccc21. The highest BCUT2D eigenvalue weighted by Crippen LogP contribution is 2.28. The third-order valence-electron chi connectivity index (χ3n) is 4.56. The highest BCUT2D eigenvalue weighted by molar-refractivity contribution is 5.96. The van der Waals surface area contributed by atoms with Crippen molar-refractivity contribution in [2.75, 3.05) is 5.32 Å². The molecule has 138 valence electrons. The minimum Gasteiger partial charge on any atom is -0.361 e. The van der Waals surface area contributed by atoms with Gasteiger partial charge in [-0.2, -0.15) is 0 Å². The van der Waals surface area contributed by atoms with Gasteiger partial charge in [-0.3, -0.25) is 10.1 Å². The summed E-state index contributed by atoms with van der Waals surface area (Å²) in [4.78, 5) is 20.4. The Balaban J connectivity index is 1.66. The molecule has 2 aromatic carbocycles. The van der Waals surface area contributed by atoms with Gasteiger partial charge in [-0.1, -0.05) is 12.1 Å². The van der Waals surface area contributed by atoms with Gasteiger partial charge in [0.2, 0.25) is 11.9 Å². The Morgan fingerprint density at radius 1 is 1.22 bits per heavy atom. The molecular weight excluding hydrogens is 343 g/mol. The van der Waals surface area contributed by atoms with Gasteiger partial charge in [-0.25, -0.2) is 9.37 Å². The first-order chi connectivity index (χ1) is 12.8. The predicted octanol–water partition coefficient (Wildman–Crippen LogP) is 4.59. The lowest BCUT2D eigenvalue weighted by Crippen LogP contribution is -2.26. The number of aromatic nitrogens is 3. The van der Waals surface area contributed by atoms with Crippen LogP contribution in [0.1, 0.15) is 26.3 Å². The molecule has 0 aliphatic carbocycles. The average molecular weight is 364 g/mol. The lowest BCUT2D eigenvalue weighted by atomic mass is 10.1. The number of imidazole rings is 1. The molecule has 2 heterocycles. The van der Waals surface area contributed by atoms with Crippen LogP contribution >= 0.6 is 0 Å². The number of nitrogens with zero attached hydrogens (tertiary/aromatic N) is 2. The molecule has 0 spiro atoms. The van der Waals surface area contributed by atoms with E-state index in [4.69, 9.17) is 0 Å². The second-order valence-corrected chi connectivity index (χ2v) is 7.66. The number of nitrogens with one attached hydrogen (secondary N) is 2. The van der Waals surface area contributed by atoms with Crippen molar-refractivity contribution in [2.45, 2.75) is 32.7 Å². The van der Waals surface area contributed by atoms with E-state index in [2.05, 4.69) is 36.1 Å². The summed E-state index contributed by atoms with van der Waals surface area (Å²) in [5.74, 6) is -0.000951. The van der Waals surface area contributed by atoms with Crippen molar-refractivity contribution in [1.82, 2.24) is 14.5 Å². The zero-order valence-corrected chi connectivity index (χ0v) is 15.5. The number of H-pyrrole nitrogens is 1. The zero-order chi connectivity index (χ0) is 19.2. The summed E-state index contributed by atoms with van der Waals surface area (Å²) in [5.41, 5.74) is 3.11. The Morgan fingerprint density at radius 3 is 2.78 bits per heavy atom. The maximum Gasteiger partial charge on any atom is 0.231 e. The molecule has 0 saturated heterocycles. The third kappa shape index (κ3) is 3.18. The van der Waals surface area contributed by atoms with Gasteiger partial charge in [0.1, 0.15) is 5.82 Å². The van der Waals surface area contributed by atoms with Gasteiger partial charge in [-0.05, 0) is 56.7 Å². The van der Waals surface area contributed by atoms with E-state index in [1.165, 1.54) is 12.1 Å². The normalized spacial score (nSPS) is 12.0. The molecule has 0 saturated carbocycles. The summed E-state index contributed by atoms with van der Waals surface area (Å²) in [5, 5.41) is 3.65. The molecule has 0 radical (unpaired) electrons. The molecular formula is C21H21FN4O. The van der Waals surface area contributed by atoms with Crippen LogP contribution in [0.4, 0.5) is 10.3 Å². The van der Waals surface area contributed by atoms with E-state index in [1.54, 1.807) is 12.3 Å². The highest BCUT2D eigenvalue weighted by Gasteiger charge is 2.22. The first-order valence-electron chi connectivity index (χ1n) is 8.86. The predicted molar refractivity (Wildman–Crippen MR) is 105 cm³/mol. The third-order valence-corrected chi connectivity index (χ3v) is 4.56. The van der Waals surface area contributed by atoms with Crippen LogP contribution in [0.15, 0.2) is 48.7 Å². The summed E-state index contributed by atoms with van der Waals surface area (Å²) in [6.07, 6.45) is 1.88. The Labute approximate surface area is 156 Å². The number of carbonyl (C=O) groups excluding carboxylic acids is 1. The Hall–Kier alpha value is -3.15. The number of para-hydroxylation sites is 2. The molecule has 27 heavy (non-hydrogen) atoms.